The molecule has 138 valence electrons. The van der Waals surface area contributed by atoms with Crippen LogP contribution in [0.25, 0.3) is 22.3 Å². The molecule has 27 heavy (non-hydrogen) atoms. The van der Waals surface area contributed by atoms with Crippen LogP contribution in [0.2, 0.25) is 0 Å². The van der Waals surface area contributed by atoms with Crippen molar-refractivity contribution >= 4 is 28.6 Å². The number of hydrogen-bond acceptors (Lipinski definition) is 6. The first kappa shape index (κ1) is 17.1. The Kier molecular flexibility index (Phi) is 4.52. The maximum Gasteiger partial charge on any atom is 0.247 e. The third kappa shape index (κ3) is 3.37. The molecule has 7 nitrogen and oxygen atoms in total. The molecule has 0 spiro atoms. The van der Waals surface area contributed by atoms with Crippen LogP contribution in [0.1, 0.15) is 0 Å². The standard InChI is InChI=1S/C20H18N2O5/c1-2-17(24)21-14-5-3-4-13(10-14)15-12-26-20-16(23)11-18(27-19(15)20)22-6-8-25-9-7-22/h2-5,10-12H,1,6-9H2,(H,21,24). The number of carbonyl (C=O) groups excluding carboxylic acids is 1. The average molecular weight is 366 g/mol. The van der Waals surface area contributed by atoms with Gasteiger partial charge in [-0.1, -0.05) is 18.7 Å². The van der Waals surface area contributed by atoms with Crippen molar-refractivity contribution in [2.75, 3.05) is 36.5 Å². The van der Waals surface area contributed by atoms with Gasteiger partial charge < -0.3 is 23.8 Å². The molecular formula is C20H18N2O5. The maximum absolute atomic E-state index is 12.5. The summed E-state index contributed by atoms with van der Waals surface area (Å²) in [6.45, 7) is 5.94. The van der Waals surface area contributed by atoms with Gasteiger partial charge in [0.25, 0.3) is 0 Å². The van der Waals surface area contributed by atoms with Gasteiger partial charge in [0.15, 0.2) is 11.5 Å². The summed E-state index contributed by atoms with van der Waals surface area (Å²) in [5.74, 6) is 0.194. The molecule has 1 saturated heterocycles. The van der Waals surface area contributed by atoms with Gasteiger partial charge in [-0.15, -0.1) is 0 Å². The highest BCUT2D eigenvalue weighted by Gasteiger charge is 2.19. The van der Waals surface area contributed by atoms with Crippen molar-refractivity contribution < 1.29 is 18.4 Å². The molecular weight excluding hydrogens is 348 g/mol. The van der Waals surface area contributed by atoms with E-state index in [-0.39, 0.29) is 16.9 Å². The van der Waals surface area contributed by atoms with Crippen molar-refractivity contribution in [2.45, 2.75) is 0 Å². The van der Waals surface area contributed by atoms with E-state index in [2.05, 4.69) is 11.9 Å². The zero-order valence-corrected chi connectivity index (χ0v) is 14.6. The molecule has 0 radical (unpaired) electrons. The smallest absolute Gasteiger partial charge is 0.247 e. The van der Waals surface area contributed by atoms with Gasteiger partial charge in [-0.05, 0) is 23.8 Å². The summed E-state index contributed by atoms with van der Waals surface area (Å²) in [4.78, 5) is 26.0. The molecule has 1 aromatic carbocycles. The number of anilines is 2. The van der Waals surface area contributed by atoms with E-state index in [0.29, 0.717) is 49.0 Å². The summed E-state index contributed by atoms with van der Waals surface area (Å²) in [6, 6.07) is 8.66. The van der Waals surface area contributed by atoms with Crippen molar-refractivity contribution in [2.24, 2.45) is 0 Å². The summed E-state index contributed by atoms with van der Waals surface area (Å²) in [6.07, 6.45) is 2.70. The normalized spacial score (nSPS) is 14.3. The third-order valence-corrected chi connectivity index (χ3v) is 4.38. The number of nitrogens with zero attached hydrogens (tertiary/aromatic N) is 1. The van der Waals surface area contributed by atoms with Gasteiger partial charge in [0.05, 0.1) is 24.8 Å². The number of rotatable bonds is 4. The Balaban J connectivity index is 1.77. The number of furan rings is 1. The molecule has 0 aliphatic carbocycles. The van der Waals surface area contributed by atoms with Crippen molar-refractivity contribution in [3.63, 3.8) is 0 Å². The highest BCUT2D eigenvalue weighted by atomic mass is 16.5. The molecule has 1 aliphatic rings. The van der Waals surface area contributed by atoms with Crippen LogP contribution < -0.4 is 15.6 Å². The topological polar surface area (TPSA) is 84.9 Å². The molecule has 0 saturated carbocycles. The number of ether oxygens (including phenoxy) is 1. The average Bonchev–Trinajstić information content (AvgIpc) is 3.13. The second-order valence-electron chi connectivity index (χ2n) is 6.13. The molecule has 0 unspecified atom stereocenters. The van der Waals surface area contributed by atoms with E-state index in [1.54, 1.807) is 18.2 Å². The molecule has 3 heterocycles. The van der Waals surface area contributed by atoms with Crippen molar-refractivity contribution in [3.05, 3.63) is 59.5 Å². The quantitative estimate of drug-likeness (QED) is 0.715. The Morgan fingerprint density at radius 2 is 2.00 bits per heavy atom. The third-order valence-electron chi connectivity index (χ3n) is 4.38. The summed E-state index contributed by atoms with van der Waals surface area (Å²) in [5.41, 5.74) is 2.34. The number of hydrogen-bond donors (Lipinski definition) is 1. The summed E-state index contributed by atoms with van der Waals surface area (Å²) < 4.78 is 16.8. The van der Waals surface area contributed by atoms with Crippen LogP contribution in [-0.4, -0.2) is 32.2 Å². The van der Waals surface area contributed by atoms with Crippen LogP contribution in [0.5, 0.6) is 0 Å². The van der Waals surface area contributed by atoms with E-state index in [0.717, 1.165) is 5.56 Å². The monoisotopic (exact) mass is 366 g/mol. The number of fused-ring (bicyclic) bond motifs is 1. The summed E-state index contributed by atoms with van der Waals surface area (Å²) in [5, 5.41) is 2.71. The van der Waals surface area contributed by atoms with E-state index >= 15 is 0 Å². The van der Waals surface area contributed by atoms with Crippen LogP contribution in [0.15, 0.2) is 62.9 Å². The molecule has 1 aliphatic heterocycles. The van der Waals surface area contributed by atoms with Gasteiger partial charge in [0, 0.05) is 18.8 Å². The Bertz CT molecular complexity index is 1060. The predicted octanol–water partition coefficient (Wildman–Crippen LogP) is 3.01. The fourth-order valence-electron chi connectivity index (χ4n) is 3.03. The Hall–Kier alpha value is -3.32. The minimum Gasteiger partial charge on any atom is -0.456 e. The van der Waals surface area contributed by atoms with E-state index in [4.69, 9.17) is 13.6 Å². The summed E-state index contributed by atoms with van der Waals surface area (Å²) in [7, 11) is 0. The SMILES string of the molecule is C=CC(=O)Nc1cccc(-c2coc3c(=O)cc(N4CCOCC4)oc23)c1. The first-order chi connectivity index (χ1) is 13.2. The second kappa shape index (κ2) is 7.13. The first-order valence-corrected chi connectivity index (χ1v) is 8.57. The minimum absolute atomic E-state index is 0.169. The lowest BCUT2D eigenvalue weighted by Crippen LogP contribution is -2.36. The second-order valence-corrected chi connectivity index (χ2v) is 6.13. The van der Waals surface area contributed by atoms with Gasteiger partial charge in [-0.25, -0.2) is 0 Å². The molecule has 0 bridgehead atoms. The first-order valence-electron chi connectivity index (χ1n) is 8.57. The Labute approximate surface area is 154 Å². The van der Waals surface area contributed by atoms with Gasteiger partial charge in [0.1, 0.15) is 6.26 Å². The number of nitrogens with one attached hydrogen (secondary N) is 1. The van der Waals surface area contributed by atoms with Gasteiger partial charge in [0.2, 0.25) is 16.9 Å². The van der Waals surface area contributed by atoms with Gasteiger partial charge in [-0.3, -0.25) is 9.59 Å². The van der Waals surface area contributed by atoms with Crippen LogP contribution >= 0.6 is 0 Å². The van der Waals surface area contributed by atoms with E-state index < -0.39 is 0 Å². The highest BCUT2D eigenvalue weighted by molar-refractivity contribution is 5.99. The number of benzene rings is 1. The summed E-state index contributed by atoms with van der Waals surface area (Å²) >= 11 is 0. The van der Waals surface area contributed by atoms with Crippen LogP contribution in [0, 0.1) is 0 Å². The van der Waals surface area contributed by atoms with Crippen molar-refractivity contribution in [3.8, 4) is 11.1 Å². The molecule has 4 rings (SSSR count). The lowest BCUT2D eigenvalue weighted by molar-refractivity contribution is -0.111. The van der Waals surface area contributed by atoms with E-state index in [9.17, 15) is 9.59 Å². The van der Waals surface area contributed by atoms with Gasteiger partial charge >= 0.3 is 0 Å². The highest BCUT2D eigenvalue weighted by Crippen LogP contribution is 2.32. The van der Waals surface area contributed by atoms with E-state index in [1.165, 1.54) is 18.4 Å². The lowest BCUT2D eigenvalue weighted by Gasteiger charge is -2.26. The zero-order valence-electron chi connectivity index (χ0n) is 14.6. The lowest BCUT2D eigenvalue weighted by atomic mass is 10.1. The Morgan fingerprint density at radius 1 is 1.19 bits per heavy atom. The largest absolute Gasteiger partial charge is 0.456 e. The predicted molar refractivity (Wildman–Crippen MR) is 102 cm³/mol. The molecule has 1 fully saturated rings. The van der Waals surface area contributed by atoms with E-state index in [1.807, 2.05) is 11.0 Å². The fraction of sp³-hybridized carbons (Fsp3) is 0.200. The number of amides is 1. The van der Waals surface area contributed by atoms with Crippen LogP contribution in [-0.2, 0) is 9.53 Å². The van der Waals surface area contributed by atoms with Gasteiger partial charge in [-0.2, -0.15) is 0 Å². The number of morpholine rings is 1. The minimum atomic E-state index is -0.301. The van der Waals surface area contributed by atoms with Crippen molar-refractivity contribution in [1.82, 2.24) is 0 Å². The van der Waals surface area contributed by atoms with Crippen molar-refractivity contribution in [1.29, 1.82) is 0 Å². The molecule has 0 atom stereocenters. The zero-order chi connectivity index (χ0) is 18.8. The van der Waals surface area contributed by atoms with Crippen LogP contribution in [0.3, 0.4) is 0 Å². The fourth-order valence-corrected chi connectivity index (χ4v) is 3.03. The Morgan fingerprint density at radius 3 is 2.78 bits per heavy atom. The molecule has 3 aromatic rings. The molecule has 7 heteroatoms. The number of carbonyl (C=O) groups is 1. The maximum atomic E-state index is 12.5. The molecule has 1 N–H and O–H groups in total. The van der Waals surface area contributed by atoms with Crippen LogP contribution in [0.4, 0.5) is 11.6 Å². The molecule has 2 aromatic heterocycles. The molecule has 1 amide bonds.